The van der Waals surface area contributed by atoms with E-state index in [0.717, 1.165) is 24.7 Å². The minimum absolute atomic E-state index is 0.0589. The molecule has 1 spiro atoms. The molecule has 118 valence electrons. The lowest BCUT2D eigenvalue weighted by atomic mass is 9.46. The van der Waals surface area contributed by atoms with Gasteiger partial charge in [0.15, 0.2) is 0 Å². The SMILES string of the molecule is CC12CCC3C(C[C@H](O)[C@]45CC4CCC35C)C1CCC2O. The van der Waals surface area contributed by atoms with Gasteiger partial charge >= 0.3 is 0 Å². The fraction of sp³-hybridized carbons (Fsp3) is 1.00. The van der Waals surface area contributed by atoms with E-state index in [4.69, 9.17) is 0 Å². The highest BCUT2D eigenvalue weighted by molar-refractivity contribution is 5.25. The van der Waals surface area contributed by atoms with Crippen LogP contribution in [-0.2, 0) is 0 Å². The Bertz CT molecular complexity index is 490. The maximum absolute atomic E-state index is 11.0. The van der Waals surface area contributed by atoms with Gasteiger partial charge in [0.2, 0.25) is 0 Å². The normalized spacial score (nSPS) is 68.0. The lowest BCUT2D eigenvalue weighted by Crippen LogP contribution is -2.56. The Labute approximate surface area is 128 Å². The fourth-order valence-electron chi connectivity index (χ4n) is 8.28. The molecule has 0 amide bonds. The van der Waals surface area contributed by atoms with Gasteiger partial charge in [-0.05, 0) is 85.9 Å². The van der Waals surface area contributed by atoms with Crippen LogP contribution in [0.4, 0.5) is 0 Å². The molecule has 7 unspecified atom stereocenters. The zero-order valence-corrected chi connectivity index (χ0v) is 13.5. The van der Waals surface area contributed by atoms with E-state index in [2.05, 4.69) is 13.8 Å². The molecule has 0 aromatic carbocycles. The average Bonchev–Trinajstić information content (AvgIpc) is 3.01. The molecule has 9 atom stereocenters. The summed E-state index contributed by atoms with van der Waals surface area (Å²) < 4.78 is 0. The van der Waals surface area contributed by atoms with Gasteiger partial charge in [0.1, 0.15) is 0 Å². The topological polar surface area (TPSA) is 40.5 Å². The predicted molar refractivity (Wildman–Crippen MR) is 81.6 cm³/mol. The highest BCUT2D eigenvalue weighted by Gasteiger charge is 2.77. The van der Waals surface area contributed by atoms with Crippen LogP contribution in [0.1, 0.15) is 65.2 Å². The Morgan fingerprint density at radius 3 is 2.43 bits per heavy atom. The lowest BCUT2D eigenvalue weighted by molar-refractivity contribution is -0.155. The Hall–Kier alpha value is -0.0800. The molecule has 0 aromatic rings. The summed E-state index contributed by atoms with van der Waals surface area (Å²) in [5.74, 6) is 2.98. The van der Waals surface area contributed by atoms with Gasteiger partial charge in [-0.3, -0.25) is 0 Å². The quantitative estimate of drug-likeness (QED) is 0.718. The Balaban J connectivity index is 1.55. The third-order valence-corrected chi connectivity index (χ3v) is 9.52. The number of aliphatic hydroxyl groups excluding tert-OH is 2. The van der Waals surface area contributed by atoms with Crippen LogP contribution in [-0.4, -0.2) is 22.4 Å². The summed E-state index contributed by atoms with van der Waals surface area (Å²) in [6.45, 7) is 4.85. The predicted octanol–water partition coefficient (Wildman–Crippen LogP) is 3.36. The molecule has 0 bridgehead atoms. The molecule has 5 saturated carbocycles. The number of rotatable bonds is 0. The third-order valence-electron chi connectivity index (χ3n) is 9.52. The van der Waals surface area contributed by atoms with Crippen molar-refractivity contribution in [2.75, 3.05) is 0 Å². The summed E-state index contributed by atoms with van der Waals surface area (Å²) in [5.41, 5.74) is 0.845. The molecule has 0 radical (unpaired) electrons. The van der Waals surface area contributed by atoms with E-state index in [1.807, 2.05) is 0 Å². The maximum atomic E-state index is 11.0. The minimum Gasteiger partial charge on any atom is -0.393 e. The molecular weight excluding hydrogens is 260 g/mol. The second-order valence-corrected chi connectivity index (χ2v) is 9.66. The average molecular weight is 290 g/mol. The van der Waals surface area contributed by atoms with Gasteiger partial charge in [-0.1, -0.05) is 13.8 Å². The van der Waals surface area contributed by atoms with Gasteiger partial charge in [0, 0.05) is 5.41 Å². The van der Waals surface area contributed by atoms with Crippen molar-refractivity contribution in [3.05, 3.63) is 0 Å². The summed E-state index contributed by atoms with van der Waals surface area (Å²) in [5, 5.41) is 21.5. The van der Waals surface area contributed by atoms with Gasteiger partial charge in [-0.25, -0.2) is 0 Å². The summed E-state index contributed by atoms with van der Waals surface area (Å²) in [4.78, 5) is 0. The van der Waals surface area contributed by atoms with E-state index >= 15 is 0 Å². The standard InChI is InChI=1S/C19H30O2/c1-17-7-6-14-12(13(17)3-4-15(17)20)9-16(21)19-10-11(19)5-8-18(14,19)2/h11-16,20-21H,3-10H2,1-2H3/t11?,12?,13?,14?,15?,16-,17?,18?,19-/m0/s1. The molecule has 2 heteroatoms. The molecule has 2 nitrogen and oxygen atoms in total. The maximum Gasteiger partial charge on any atom is 0.0607 e. The van der Waals surface area contributed by atoms with Gasteiger partial charge in [0.05, 0.1) is 12.2 Å². The van der Waals surface area contributed by atoms with Crippen molar-refractivity contribution in [2.45, 2.75) is 77.4 Å². The van der Waals surface area contributed by atoms with Crippen LogP contribution >= 0.6 is 0 Å². The zero-order chi connectivity index (χ0) is 14.6. The molecule has 2 N–H and O–H groups in total. The lowest BCUT2D eigenvalue weighted by Gasteiger charge is -2.59. The van der Waals surface area contributed by atoms with Gasteiger partial charge in [-0.2, -0.15) is 0 Å². The van der Waals surface area contributed by atoms with Crippen molar-refractivity contribution in [1.82, 2.24) is 0 Å². The summed E-state index contributed by atoms with van der Waals surface area (Å²) in [6, 6.07) is 0. The van der Waals surface area contributed by atoms with E-state index in [9.17, 15) is 10.2 Å². The first kappa shape index (κ1) is 13.4. The van der Waals surface area contributed by atoms with Crippen molar-refractivity contribution >= 4 is 0 Å². The van der Waals surface area contributed by atoms with Crippen LogP contribution in [0.2, 0.25) is 0 Å². The highest BCUT2D eigenvalue weighted by Crippen LogP contribution is 2.81. The summed E-state index contributed by atoms with van der Waals surface area (Å²) >= 11 is 0. The fourth-order valence-corrected chi connectivity index (χ4v) is 8.28. The number of fused-ring (bicyclic) bond motifs is 4. The second-order valence-electron chi connectivity index (χ2n) is 9.66. The van der Waals surface area contributed by atoms with E-state index in [0.29, 0.717) is 22.7 Å². The van der Waals surface area contributed by atoms with Crippen LogP contribution in [0.25, 0.3) is 0 Å². The van der Waals surface area contributed by atoms with Crippen molar-refractivity contribution in [3.63, 3.8) is 0 Å². The van der Waals surface area contributed by atoms with Crippen molar-refractivity contribution in [1.29, 1.82) is 0 Å². The molecule has 5 aliphatic rings. The summed E-state index contributed by atoms with van der Waals surface area (Å²) in [7, 11) is 0. The first-order valence-corrected chi connectivity index (χ1v) is 9.29. The van der Waals surface area contributed by atoms with Gasteiger partial charge < -0.3 is 10.2 Å². The van der Waals surface area contributed by atoms with E-state index in [1.54, 1.807) is 0 Å². The van der Waals surface area contributed by atoms with E-state index in [1.165, 1.54) is 38.5 Å². The van der Waals surface area contributed by atoms with Crippen LogP contribution in [0, 0.1) is 39.9 Å². The monoisotopic (exact) mass is 290 g/mol. The zero-order valence-electron chi connectivity index (χ0n) is 13.5. The number of hydrogen-bond donors (Lipinski definition) is 2. The largest absolute Gasteiger partial charge is 0.393 e. The Kier molecular flexibility index (Phi) is 2.35. The summed E-state index contributed by atoms with van der Waals surface area (Å²) in [6.07, 6.45) is 9.59. The molecule has 21 heavy (non-hydrogen) atoms. The Morgan fingerprint density at radius 2 is 1.67 bits per heavy atom. The number of hydrogen-bond acceptors (Lipinski definition) is 2. The first-order chi connectivity index (χ1) is 9.93. The van der Waals surface area contributed by atoms with Gasteiger partial charge in [-0.15, -0.1) is 0 Å². The van der Waals surface area contributed by atoms with Crippen molar-refractivity contribution in [2.24, 2.45) is 39.9 Å². The molecule has 5 rings (SSSR count). The molecule has 5 aliphatic carbocycles. The molecule has 0 heterocycles. The molecule has 5 fully saturated rings. The molecule has 0 saturated heterocycles. The smallest absolute Gasteiger partial charge is 0.0607 e. The minimum atomic E-state index is -0.0958. The third kappa shape index (κ3) is 1.27. The second kappa shape index (κ2) is 3.70. The van der Waals surface area contributed by atoms with E-state index in [-0.39, 0.29) is 17.6 Å². The molecule has 0 aromatic heterocycles. The molecular formula is C19H30O2. The number of aliphatic hydroxyl groups is 2. The van der Waals surface area contributed by atoms with Gasteiger partial charge in [0.25, 0.3) is 0 Å². The van der Waals surface area contributed by atoms with Crippen LogP contribution in [0.5, 0.6) is 0 Å². The van der Waals surface area contributed by atoms with Crippen LogP contribution in [0.15, 0.2) is 0 Å². The molecule has 0 aliphatic heterocycles. The highest BCUT2D eigenvalue weighted by atomic mass is 16.3. The van der Waals surface area contributed by atoms with Crippen molar-refractivity contribution in [3.8, 4) is 0 Å². The van der Waals surface area contributed by atoms with Crippen molar-refractivity contribution < 1.29 is 10.2 Å². The van der Waals surface area contributed by atoms with Crippen LogP contribution in [0.3, 0.4) is 0 Å². The van der Waals surface area contributed by atoms with E-state index < -0.39 is 0 Å². The first-order valence-electron chi connectivity index (χ1n) is 9.29. The van der Waals surface area contributed by atoms with Crippen LogP contribution < -0.4 is 0 Å². The Morgan fingerprint density at radius 1 is 0.857 bits per heavy atom.